The van der Waals surface area contributed by atoms with Crippen LogP contribution < -0.4 is 0 Å². The first-order valence-electron chi connectivity index (χ1n) is 5.93. The average Bonchev–Trinajstić information content (AvgIpc) is 3.13. The van der Waals surface area contributed by atoms with Gasteiger partial charge in [-0.15, -0.1) is 0 Å². The molecular weight excluding hydrogens is 212 g/mol. The second-order valence-corrected chi connectivity index (χ2v) is 4.53. The van der Waals surface area contributed by atoms with Gasteiger partial charge >= 0.3 is 0 Å². The molecule has 0 spiro atoms. The van der Waals surface area contributed by atoms with E-state index in [0.717, 1.165) is 12.8 Å². The molecule has 3 rings (SSSR count). The smallest absolute Gasteiger partial charge is 0.170 e. The monoisotopic (exact) mass is 226 g/mol. The van der Waals surface area contributed by atoms with E-state index < -0.39 is 0 Å². The highest BCUT2D eigenvalue weighted by Gasteiger charge is 2.28. The van der Waals surface area contributed by atoms with E-state index in [1.807, 2.05) is 28.9 Å². The van der Waals surface area contributed by atoms with Gasteiger partial charge < -0.3 is 0 Å². The third-order valence-electron chi connectivity index (χ3n) is 3.12. The number of carbonyl (C=O) groups is 1. The van der Waals surface area contributed by atoms with Crippen molar-refractivity contribution in [2.45, 2.75) is 25.3 Å². The van der Waals surface area contributed by atoms with Gasteiger partial charge in [-0.05, 0) is 24.5 Å². The number of hydrogen-bond donors (Lipinski definition) is 0. The fraction of sp³-hybridized carbons (Fsp3) is 0.286. The second-order valence-electron chi connectivity index (χ2n) is 4.53. The molecule has 17 heavy (non-hydrogen) atoms. The third kappa shape index (κ3) is 2.13. The maximum atomic E-state index is 10.8. The predicted octanol–water partition coefficient (Wildman–Crippen LogP) is 2.62. The summed E-state index contributed by atoms with van der Waals surface area (Å²) in [4.78, 5) is 10.8. The summed E-state index contributed by atoms with van der Waals surface area (Å²) in [5.41, 5.74) is 2.97. The van der Waals surface area contributed by atoms with Crippen molar-refractivity contribution >= 4 is 6.29 Å². The maximum absolute atomic E-state index is 10.8. The first-order valence-corrected chi connectivity index (χ1v) is 5.93. The number of rotatable bonds is 4. The molecule has 0 amide bonds. The van der Waals surface area contributed by atoms with Crippen LogP contribution in [0.1, 0.15) is 40.5 Å². The van der Waals surface area contributed by atoms with Crippen LogP contribution >= 0.6 is 0 Å². The molecule has 1 aromatic carbocycles. The van der Waals surface area contributed by atoms with Crippen molar-refractivity contribution in [1.82, 2.24) is 9.78 Å². The average molecular weight is 226 g/mol. The van der Waals surface area contributed by atoms with Crippen molar-refractivity contribution in [3.63, 3.8) is 0 Å². The van der Waals surface area contributed by atoms with Crippen LogP contribution in [-0.2, 0) is 6.54 Å². The summed E-state index contributed by atoms with van der Waals surface area (Å²) in [5, 5.41) is 4.33. The van der Waals surface area contributed by atoms with Gasteiger partial charge in [0, 0.05) is 11.6 Å². The molecule has 1 fully saturated rings. The normalized spacial score (nSPS) is 14.8. The van der Waals surface area contributed by atoms with E-state index in [-0.39, 0.29) is 0 Å². The van der Waals surface area contributed by atoms with Crippen LogP contribution in [-0.4, -0.2) is 16.1 Å². The lowest BCUT2D eigenvalue weighted by molar-refractivity contribution is 0.111. The third-order valence-corrected chi connectivity index (χ3v) is 3.12. The largest absolute Gasteiger partial charge is 0.296 e. The predicted molar refractivity (Wildman–Crippen MR) is 65.1 cm³/mol. The topological polar surface area (TPSA) is 34.9 Å². The fourth-order valence-corrected chi connectivity index (χ4v) is 2.10. The minimum absolute atomic E-state index is 0.544. The summed E-state index contributed by atoms with van der Waals surface area (Å²) >= 11 is 0. The van der Waals surface area contributed by atoms with E-state index in [1.165, 1.54) is 24.1 Å². The van der Waals surface area contributed by atoms with Crippen LogP contribution in [0.15, 0.2) is 36.4 Å². The molecular formula is C14H14N2O. The van der Waals surface area contributed by atoms with Crippen LogP contribution in [0.25, 0.3) is 0 Å². The van der Waals surface area contributed by atoms with E-state index >= 15 is 0 Å². The lowest BCUT2D eigenvalue weighted by atomic mass is 10.2. The number of nitrogens with zero attached hydrogens (tertiary/aromatic N) is 2. The van der Waals surface area contributed by atoms with E-state index in [2.05, 4.69) is 17.2 Å². The molecule has 0 saturated heterocycles. The summed E-state index contributed by atoms with van der Waals surface area (Å²) in [5.74, 6) is 0.611. The molecule has 1 heterocycles. The number of aromatic nitrogens is 2. The molecule has 3 heteroatoms. The molecule has 0 N–H and O–H groups in total. The number of aldehydes is 1. The van der Waals surface area contributed by atoms with Crippen molar-refractivity contribution in [3.05, 3.63) is 53.3 Å². The minimum atomic E-state index is 0.544. The Balaban J connectivity index is 1.91. The van der Waals surface area contributed by atoms with E-state index in [0.29, 0.717) is 11.6 Å². The molecule has 86 valence electrons. The minimum Gasteiger partial charge on any atom is -0.296 e. The van der Waals surface area contributed by atoms with Crippen LogP contribution in [0, 0.1) is 0 Å². The molecule has 1 aliphatic carbocycles. The summed E-state index contributed by atoms with van der Waals surface area (Å²) < 4.78 is 1.97. The summed E-state index contributed by atoms with van der Waals surface area (Å²) in [6.07, 6.45) is 3.27. The molecule has 3 nitrogen and oxygen atoms in total. The van der Waals surface area contributed by atoms with Gasteiger partial charge in [-0.25, -0.2) is 0 Å². The number of benzene rings is 1. The highest BCUT2D eigenvalue weighted by molar-refractivity contribution is 5.71. The first-order chi connectivity index (χ1) is 8.36. The molecule has 0 aliphatic heterocycles. The molecule has 0 radical (unpaired) electrons. The quantitative estimate of drug-likeness (QED) is 0.751. The molecule has 0 atom stereocenters. The molecule has 0 bridgehead atoms. The number of hydrogen-bond acceptors (Lipinski definition) is 2. The van der Waals surface area contributed by atoms with Gasteiger partial charge in [0.2, 0.25) is 0 Å². The Morgan fingerprint density at radius 2 is 2.06 bits per heavy atom. The molecule has 1 aromatic heterocycles. The second kappa shape index (κ2) is 4.17. The van der Waals surface area contributed by atoms with Crippen LogP contribution in [0.3, 0.4) is 0 Å². The molecule has 0 unspecified atom stereocenters. The van der Waals surface area contributed by atoms with Gasteiger partial charge in [0.25, 0.3) is 0 Å². The first kappa shape index (κ1) is 10.3. The van der Waals surface area contributed by atoms with E-state index in [1.54, 1.807) is 0 Å². The highest BCUT2D eigenvalue weighted by Crippen LogP contribution is 2.40. The zero-order valence-electron chi connectivity index (χ0n) is 9.54. The van der Waals surface area contributed by atoms with E-state index in [9.17, 15) is 4.79 Å². The summed E-state index contributed by atoms with van der Waals surface area (Å²) in [7, 11) is 0. The van der Waals surface area contributed by atoms with Crippen LogP contribution in [0.5, 0.6) is 0 Å². The Labute approximate surface area is 100 Å². The molecule has 1 saturated carbocycles. The van der Waals surface area contributed by atoms with Crippen LogP contribution in [0.2, 0.25) is 0 Å². The van der Waals surface area contributed by atoms with Crippen molar-refractivity contribution in [2.24, 2.45) is 0 Å². The van der Waals surface area contributed by atoms with Crippen molar-refractivity contribution in [1.29, 1.82) is 0 Å². The summed E-state index contributed by atoms with van der Waals surface area (Å²) in [6, 6.07) is 12.1. The lowest BCUT2D eigenvalue weighted by Crippen LogP contribution is -2.05. The number of carbonyl (C=O) groups excluding carboxylic acids is 1. The van der Waals surface area contributed by atoms with Crippen molar-refractivity contribution in [2.75, 3.05) is 0 Å². The SMILES string of the molecule is O=Cc1cc(C2CC2)n(Cc2ccccc2)n1. The standard InChI is InChI=1S/C14H14N2O/c17-10-13-8-14(12-6-7-12)16(15-13)9-11-4-2-1-3-5-11/h1-5,8,10,12H,6-7,9H2. The lowest BCUT2D eigenvalue weighted by Gasteiger charge is -2.06. The Hall–Kier alpha value is -1.90. The fourth-order valence-electron chi connectivity index (χ4n) is 2.10. The molecule has 1 aliphatic rings. The van der Waals surface area contributed by atoms with Gasteiger partial charge in [0.1, 0.15) is 5.69 Å². The highest BCUT2D eigenvalue weighted by atomic mass is 16.1. The van der Waals surface area contributed by atoms with Gasteiger partial charge in [0.05, 0.1) is 6.54 Å². The maximum Gasteiger partial charge on any atom is 0.170 e. The zero-order valence-corrected chi connectivity index (χ0v) is 9.54. The van der Waals surface area contributed by atoms with Crippen molar-refractivity contribution < 1.29 is 4.79 Å². The van der Waals surface area contributed by atoms with Gasteiger partial charge in [-0.2, -0.15) is 5.10 Å². The zero-order chi connectivity index (χ0) is 11.7. The van der Waals surface area contributed by atoms with Crippen LogP contribution in [0.4, 0.5) is 0 Å². The van der Waals surface area contributed by atoms with Gasteiger partial charge in [-0.1, -0.05) is 30.3 Å². The van der Waals surface area contributed by atoms with Gasteiger partial charge in [0.15, 0.2) is 6.29 Å². The Kier molecular flexibility index (Phi) is 2.52. The molecule has 2 aromatic rings. The van der Waals surface area contributed by atoms with Gasteiger partial charge in [-0.3, -0.25) is 9.48 Å². The Morgan fingerprint density at radius 3 is 2.71 bits per heavy atom. The van der Waals surface area contributed by atoms with Crippen molar-refractivity contribution in [3.8, 4) is 0 Å². The van der Waals surface area contributed by atoms with E-state index in [4.69, 9.17) is 0 Å². The Bertz CT molecular complexity index is 526. The summed E-state index contributed by atoms with van der Waals surface area (Å²) in [6.45, 7) is 0.751. The Morgan fingerprint density at radius 1 is 1.29 bits per heavy atom.